The first-order chi connectivity index (χ1) is 12.9. The van der Waals surface area contributed by atoms with Crippen molar-refractivity contribution in [3.8, 4) is 0 Å². The number of carbonyl (C=O) groups is 2. The van der Waals surface area contributed by atoms with Crippen LogP contribution in [0.5, 0.6) is 0 Å². The molecule has 0 aliphatic rings. The van der Waals surface area contributed by atoms with E-state index >= 15 is 0 Å². The minimum atomic E-state index is -0.233. The average molecular weight is 362 g/mol. The Hall–Kier alpha value is -3.21. The topological polar surface area (TPSA) is 63.4 Å². The summed E-state index contributed by atoms with van der Waals surface area (Å²) in [6.45, 7) is 6.08. The fraction of sp³-hybridized carbons (Fsp3) is 0.227. The molecule has 27 heavy (non-hydrogen) atoms. The van der Waals surface area contributed by atoms with Crippen LogP contribution in [-0.4, -0.2) is 28.8 Å². The minimum Gasteiger partial charge on any atom is -0.361 e. The number of aryl methyl sites for hydroxylation is 3. The minimum absolute atomic E-state index is 0.160. The quantitative estimate of drug-likeness (QED) is 0.641. The van der Waals surface area contributed by atoms with Gasteiger partial charge in [-0.15, -0.1) is 0 Å². The smallest absolute Gasteiger partial charge is 0.254 e. The maximum Gasteiger partial charge on any atom is 0.254 e. The van der Waals surface area contributed by atoms with Gasteiger partial charge in [0.25, 0.3) is 5.91 Å². The van der Waals surface area contributed by atoms with Gasteiger partial charge in [0.2, 0.25) is 0 Å². The second-order valence-corrected chi connectivity index (χ2v) is 6.76. The molecule has 0 unspecified atom stereocenters. The van der Waals surface area contributed by atoms with E-state index in [4.69, 9.17) is 4.52 Å². The highest BCUT2D eigenvalue weighted by Crippen LogP contribution is 2.19. The monoisotopic (exact) mass is 362 g/mol. The van der Waals surface area contributed by atoms with Gasteiger partial charge in [-0.1, -0.05) is 35.5 Å². The lowest BCUT2D eigenvalue weighted by Gasteiger charge is -2.17. The molecule has 0 saturated carbocycles. The molecule has 0 saturated heterocycles. The number of rotatable bonds is 5. The van der Waals surface area contributed by atoms with E-state index in [9.17, 15) is 9.59 Å². The summed E-state index contributed by atoms with van der Waals surface area (Å²) in [6.07, 6.45) is 0. The zero-order chi connectivity index (χ0) is 19.6. The first-order valence-corrected chi connectivity index (χ1v) is 8.75. The van der Waals surface area contributed by atoms with Crippen molar-refractivity contribution in [3.63, 3.8) is 0 Å². The maximum atomic E-state index is 13.0. The van der Waals surface area contributed by atoms with E-state index in [1.165, 1.54) is 4.90 Å². The van der Waals surface area contributed by atoms with Gasteiger partial charge < -0.3 is 9.42 Å². The Bertz CT molecular complexity index is 1000. The van der Waals surface area contributed by atoms with Gasteiger partial charge in [-0.05, 0) is 44.0 Å². The Morgan fingerprint density at radius 2 is 1.67 bits per heavy atom. The Balaban J connectivity index is 1.89. The third kappa shape index (κ3) is 3.97. The van der Waals surface area contributed by atoms with E-state index in [1.54, 1.807) is 50.4 Å². The van der Waals surface area contributed by atoms with Gasteiger partial charge in [-0.2, -0.15) is 0 Å². The molecule has 2 aromatic carbocycles. The summed E-state index contributed by atoms with van der Waals surface area (Å²) < 4.78 is 5.05. The van der Waals surface area contributed by atoms with Crippen molar-refractivity contribution in [2.75, 3.05) is 7.05 Å². The van der Waals surface area contributed by atoms with Crippen molar-refractivity contribution in [2.24, 2.45) is 0 Å². The Morgan fingerprint density at radius 1 is 0.963 bits per heavy atom. The van der Waals surface area contributed by atoms with E-state index in [2.05, 4.69) is 5.16 Å². The van der Waals surface area contributed by atoms with Crippen LogP contribution in [0.15, 0.2) is 53.1 Å². The van der Waals surface area contributed by atoms with Crippen LogP contribution in [0, 0.1) is 20.8 Å². The van der Waals surface area contributed by atoms with E-state index in [-0.39, 0.29) is 11.7 Å². The summed E-state index contributed by atoms with van der Waals surface area (Å²) >= 11 is 0. The van der Waals surface area contributed by atoms with Crippen LogP contribution in [0.4, 0.5) is 0 Å². The van der Waals surface area contributed by atoms with E-state index in [1.807, 2.05) is 26.0 Å². The number of carbonyl (C=O) groups excluding carboxylic acids is 2. The molecule has 1 aromatic heterocycles. The first-order valence-electron chi connectivity index (χ1n) is 8.75. The van der Waals surface area contributed by atoms with Gasteiger partial charge >= 0.3 is 0 Å². The SMILES string of the molecule is Cc1cc(CN(C)C(=O)c2ccccc2C(=O)c2ccc(C)c(C)c2)no1. The van der Waals surface area contributed by atoms with Crippen molar-refractivity contribution in [1.29, 1.82) is 0 Å². The summed E-state index contributed by atoms with van der Waals surface area (Å²) in [5, 5.41) is 3.92. The predicted molar refractivity (Wildman–Crippen MR) is 103 cm³/mol. The number of aromatic nitrogens is 1. The van der Waals surface area contributed by atoms with Crippen molar-refractivity contribution >= 4 is 11.7 Å². The molecule has 0 fully saturated rings. The number of benzene rings is 2. The standard InChI is InChI=1S/C22H22N2O3/c1-14-9-10-17(11-15(14)2)21(25)19-7-5-6-8-20(19)22(26)24(4)13-18-12-16(3)27-23-18/h5-12H,13H2,1-4H3. The molecule has 0 atom stereocenters. The average Bonchev–Trinajstić information content (AvgIpc) is 3.07. The Kier molecular flexibility index (Phi) is 5.21. The molecule has 0 bridgehead atoms. The second-order valence-electron chi connectivity index (χ2n) is 6.76. The number of hydrogen-bond acceptors (Lipinski definition) is 4. The summed E-state index contributed by atoms with van der Waals surface area (Å²) in [7, 11) is 1.68. The van der Waals surface area contributed by atoms with Gasteiger partial charge in [0, 0.05) is 24.2 Å². The molecule has 5 nitrogen and oxygen atoms in total. The van der Waals surface area contributed by atoms with Crippen molar-refractivity contribution < 1.29 is 14.1 Å². The zero-order valence-electron chi connectivity index (χ0n) is 15.9. The van der Waals surface area contributed by atoms with Crippen LogP contribution in [-0.2, 0) is 6.54 Å². The van der Waals surface area contributed by atoms with Gasteiger partial charge in [0.15, 0.2) is 5.78 Å². The highest BCUT2D eigenvalue weighted by molar-refractivity contribution is 6.15. The van der Waals surface area contributed by atoms with E-state index in [0.29, 0.717) is 34.7 Å². The second kappa shape index (κ2) is 7.58. The molecule has 0 N–H and O–H groups in total. The van der Waals surface area contributed by atoms with E-state index < -0.39 is 0 Å². The molecule has 0 radical (unpaired) electrons. The van der Waals surface area contributed by atoms with Crippen LogP contribution < -0.4 is 0 Å². The third-order valence-electron chi connectivity index (χ3n) is 4.59. The lowest BCUT2D eigenvalue weighted by molar-refractivity contribution is 0.0777. The normalized spacial score (nSPS) is 10.7. The molecule has 1 heterocycles. The van der Waals surface area contributed by atoms with Gasteiger partial charge in [-0.3, -0.25) is 9.59 Å². The first kappa shape index (κ1) is 18.6. The molecular formula is C22H22N2O3. The van der Waals surface area contributed by atoms with Crippen molar-refractivity contribution in [2.45, 2.75) is 27.3 Å². The lowest BCUT2D eigenvalue weighted by atomic mass is 9.95. The largest absolute Gasteiger partial charge is 0.361 e. The maximum absolute atomic E-state index is 13.0. The number of nitrogens with zero attached hydrogens (tertiary/aromatic N) is 2. The summed E-state index contributed by atoms with van der Waals surface area (Å²) in [4.78, 5) is 27.5. The summed E-state index contributed by atoms with van der Waals surface area (Å²) in [5.41, 5.74) is 4.19. The number of ketones is 1. The molecule has 3 rings (SSSR count). The molecule has 138 valence electrons. The van der Waals surface area contributed by atoms with Gasteiger partial charge in [0.1, 0.15) is 11.5 Å². The highest BCUT2D eigenvalue weighted by atomic mass is 16.5. The molecule has 0 aliphatic carbocycles. The lowest BCUT2D eigenvalue weighted by Crippen LogP contribution is -2.28. The molecule has 5 heteroatoms. The Morgan fingerprint density at radius 3 is 2.30 bits per heavy atom. The van der Waals surface area contributed by atoms with Crippen LogP contribution in [0.25, 0.3) is 0 Å². The molecule has 0 spiro atoms. The molecule has 1 amide bonds. The summed E-state index contributed by atoms with van der Waals surface area (Å²) in [6, 6.07) is 14.3. The van der Waals surface area contributed by atoms with Crippen molar-refractivity contribution in [3.05, 3.63) is 87.8 Å². The van der Waals surface area contributed by atoms with Gasteiger partial charge in [-0.25, -0.2) is 0 Å². The molecular weight excluding hydrogens is 340 g/mol. The Labute approximate surface area is 158 Å². The van der Waals surface area contributed by atoms with Crippen molar-refractivity contribution in [1.82, 2.24) is 10.1 Å². The van der Waals surface area contributed by atoms with Crippen LogP contribution in [0.2, 0.25) is 0 Å². The van der Waals surface area contributed by atoms with Crippen LogP contribution in [0.1, 0.15) is 48.9 Å². The zero-order valence-corrected chi connectivity index (χ0v) is 15.9. The van der Waals surface area contributed by atoms with Crippen LogP contribution in [0.3, 0.4) is 0 Å². The van der Waals surface area contributed by atoms with Gasteiger partial charge in [0.05, 0.1) is 12.1 Å². The summed E-state index contributed by atoms with van der Waals surface area (Å²) in [5.74, 6) is 0.298. The molecule has 3 aromatic rings. The fourth-order valence-electron chi connectivity index (χ4n) is 2.92. The predicted octanol–water partition coefficient (Wildman–Crippen LogP) is 4.10. The number of amides is 1. The highest BCUT2D eigenvalue weighted by Gasteiger charge is 2.21. The number of hydrogen-bond donors (Lipinski definition) is 0. The van der Waals surface area contributed by atoms with Crippen LogP contribution >= 0.6 is 0 Å². The fourth-order valence-corrected chi connectivity index (χ4v) is 2.92. The van der Waals surface area contributed by atoms with E-state index in [0.717, 1.165) is 11.1 Å². The molecule has 0 aliphatic heterocycles. The third-order valence-corrected chi connectivity index (χ3v) is 4.59.